The number of carboxylic acids is 1. The molecule has 0 aliphatic rings. The molecule has 0 aliphatic carbocycles. The van der Waals surface area contributed by atoms with Crippen LogP contribution in [0.25, 0.3) is 0 Å². The maximum absolute atomic E-state index is 10.4. The first-order valence-corrected chi connectivity index (χ1v) is 9.59. The summed E-state index contributed by atoms with van der Waals surface area (Å²) in [6, 6.07) is 0. The molecule has 0 atom stereocenters. The lowest BCUT2D eigenvalue weighted by Gasteiger charge is -1.94. The van der Waals surface area contributed by atoms with Crippen LogP contribution in [0.15, 0.2) is 48.6 Å². The van der Waals surface area contributed by atoms with Gasteiger partial charge in [0.1, 0.15) is 0 Å². The highest BCUT2D eigenvalue weighted by Crippen LogP contribution is 2.04. The first-order chi connectivity index (χ1) is 11.8. The van der Waals surface area contributed by atoms with Crippen molar-refractivity contribution in [2.24, 2.45) is 0 Å². The van der Waals surface area contributed by atoms with Gasteiger partial charge in [-0.05, 0) is 51.4 Å². The molecule has 0 aromatic carbocycles. The van der Waals surface area contributed by atoms with Crippen molar-refractivity contribution >= 4 is 5.97 Å². The second-order valence-corrected chi connectivity index (χ2v) is 6.08. The van der Waals surface area contributed by atoms with Crippen LogP contribution < -0.4 is 0 Å². The number of rotatable bonds is 16. The molecule has 0 aliphatic heterocycles. The quantitative estimate of drug-likeness (QED) is 0.244. The molecule has 0 saturated heterocycles. The highest BCUT2D eigenvalue weighted by Gasteiger charge is 1.94. The number of unbranched alkanes of at least 4 members (excludes halogenated alkanes) is 6. The lowest BCUT2D eigenvalue weighted by molar-refractivity contribution is -0.137. The Labute approximate surface area is 149 Å². The normalized spacial score (nSPS) is 12.4. The SMILES string of the molecule is CCCCC/C=C/C/C=C\C/C=C\C/C=C/CCCCCC(=O)O. The second-order valence-electron chi connectivity index (χ2n) is 6.08. The standard InChI is InChI=1S/C22H36O2/c1-2-3-4-5-6-7-8-9-10-11-12-13-14-15-16-17-18-19-20-21-22(23)24/h6-7,9-10,12-13,15-16H,2-5,8,11,14,17-21H2,1H3,(H,23,24)/b7-6+,10-9-,13-12-,16-15+. The highest BCUT2D eigenvalue weighted by atomic mass is 16.4. The zero-order valence-electron chi connectivity index (χ0n) is 15.5. The zero-order chi connectivity index (χ0) is 17.7. The van der Waals surface area contributed by atoms with Crippen LogP contribution >= 0.6 is 0 Å². The number of hydrogen-bond donors (Lipinski definition) is 1. The predicted octanol–water partition coefficient (Wildman–Crippen LogP) is 7.00. The largest absolute Gasteiger partial charge is 0.481 e. The van der Waals surface area contributed by atoms with Crippen LogP contribution in [0.4, 0.5) is 0 Å². The van der Waals surface area contributed by atoms with E-state index in [0.717, 1.165) is 44.9 Å². The Bertz CT molecular complexity index is 389. The van der Waals surface area contributed by atoms with Gasteiger partial charge in [-0.3, -0.25) is 4.79 Å². The van der Waals surface area contributed by atoms with Gasteiger partial charge in [0.2, 0.25) is 0 Å². The Balaban J connectivity index is 3.37. The van der Waals surface area contributed by atoms with E-state index < -0.39 is 5.97 Å². The van der Waals surface area contributed by atoms with Crippen LogP contribution in [0.5, 0.6) is 0 Å². The topological polar surface area (TPSA) is 37.3 Å². The van der Waals surface area contributed by atoms with Gasteiger partial charge in [-0.15, -0.1) is 0 Å². The van der Waals surface area contributed by atoms with Crippen molar-refractivity contribution in [3.8, 4) is 0 Å². The summed E-state index contributed by atoms with van der Waals surface area (Å²) in [6.45, 7) is 2.24. The van der Waals surface area contributed by atoms with E-state index in [2.05, 4.69) is 55.5 Å². The monoisotopic (exact) mass is 332 g/mol. The molecule has 0 rings (SSSR count). The average molecular weight is 333 g/mol. The van der Waals surface area contributed by atoms with E-state index in [0.29, 0.717) is 6.42 Å². The summed E-state index contributed by atoms with van der Waals surface area (Å²) in [5.41, 5.74) is 0. The second kappa shape index (κ2) is 19.5. The van der Waals surface area contributed by atoms with Gasteiger partial charge < -0.3 is 5.11 Å². The van der Waals surface area contributed by atoms with Gasteiger partial charge in [0.05, 0.1) is 0 Å². The number of carbonyl (C=O) groups is 1. The number of allylic oxidation sites excluding steroid dienone is 8. The first kappa shape index (κ1) is 22.4. The molecule has 0 spiro atoms. The Morgan fingerprint density at radius 3 is 1.58 bits per heavy atom. The molecule has 0 bridgehead atoms. The van der Waals surface area contributed by atoms with Crippen LogP contribution in [0.2, 0.25) is 0 Å². The molecule has 0 aromatic rings. The molecular formula is C22H36O2. The summed E-state index contributed by atoms with van der Waals surface area (Å²) in [5, 5.41) is 8.53. The fourth-order valence-electron chi connectivity index (χ4n) is 2.28. The van der Waals surface area contributed by atoms with Gasteiger partial charge >= 0.3 is 5.97 Å². The number of hydrogen-bond acceptors (Lipinski definition) is 1. The van der Waals surface area contributed by atoms with Crippen molar-refractivity contribution < 1.29 is 9.90 Å². The van der Waals surface area contributed by atoms with Crippen LogP contribution in [0.3, 0.4) is 0 Å². The molecule has 0 saturated carbocycles. The molecule has 0 fully saturated rings. The van der Waals surface area contributed by atoms with Crippen LogP contribution in [0.1, 0.15) is 84.0 Å². The minimum atomic E-state index is -0.687. The van der Waals surface area contributed by atoms with E-state index in [-0.39, 0.29) is 0 Å². The van der Waals surface area contributed by atoms with Gasteiger partial charge in [-0.2, -0.15) is 0 Å². The van der Waals surface area contributed by atoms with Gasteiger partial charge in [-0.1, -0.05) is 74.8 Å². The summed E-state index contributed by atoms with van der Waals surface area (Å²) in [4.78, 5) is 10.4. The summed E-state index contributed by atoms with van der Waals surface area (Å²) < 4.78 is 0. The lowest BCUT2D eigenvalue weighted by atomic mass is 10.1. The van der Waals surface area contributed by atoms with E-state index >= 15 is 0 Å². The number of carboxylic acid groups (broad SMARTS) is 1. The average Bonchev–Trinajstić information content (AvgIpc) is 2.56. The molecule has 136 valence electrons. The molecule has 0 radical (unpaired) electrons. The van der Waals surface area contributed by atoms with Gasteiger partial charge in [0, 0.05) is 6.42 Å². The van der Waals surface area contributed by atoms with Crippen molar-refractivity contribution in [1.82, 2.24) is 0 Å². The third-order valence-corrected chi connectivity index (χ3v) is 3.72. The molecule has 0 heterocycles. The molecule has 0 aromatic heterocycles. The first-order valence-electron chi connectivity index (χ1n) is 9.59. The summed E-state index contributed by atoms with van der Waals surface area (Å²) in [6.07, 6.45) is 30.2. The third-order valence-electron chi connectivity index (χ3n) is 3.72. The number of aliphatic carboxylic acids is 1. The van der Waals surface area contributed by atoms with E-state index in [9.17, 15) is 4.79 Å². The van der Waals surface area contributed by atoms with Gasteiger partial charge in [0.25, 0.3) is 0 Å². The maximum atomic E-state index is 10.4. The molecule has 1 N–H and O–H groups in total. The van der Waals surface area contributed by atoms with Crippen LogP contribution in [0, 0.1) is 0 Å². The van der Waals surface area contributed by atoms with Crippen LogP contribution in [-0.2, 0) is 4.79 Å². The van der Waals surface area contributed by atoms with Crippen molar-refractivity contribution in [1.29, 1.82) is 0 Å². The van der Waals surface area contributed by atoms with E-state index in [1.54, 1.807) is 0 Å². The fraction of sp³-hybridized carbons (Fsp3) is 0.591. The Morgan fingerprint density at radius 1 is 0.667 bits per heavy atom. The minimum absolute atomic E-state index is 0.300. The van der Waals surface area contributed by atoms with Crippen molar-refractivity contribution in [3.05, 3.63) is 48.6 Å². The minimum Gasteiger partial charge on any atom is -0.481 e. The molecule has 0 unspecified atom stereocenters. The molecule has 2 heteroatoms. The Kier molecular flexibility index (Phi) is 18.2. The summed E-state index contributed by atoms with van der Waals surface area (Å²) in [7, 11) is 0. The molecule has 0 amide bonds. The summed E-state index contributed by atoms with van der Waals surface area (Å²) in [5.74, 6) is -0.687. The molecular weight excluding hydrogens is 296 g/mol. The van der Waals surface area contributed by atoms with Gasteiger partial charge in [-0.25, -0.2) is 0 Å². The molecule has 24 heavy (non-hydrogen) atoms. The highest BCUT2D eigenvalue weighted by molar-refractivity contribution is 5.66. The molecule has 2 nitrogen and oxygen atoms in total. The predicted molar refractivity (Wildman–Crippen MR) is 105 cm³/mol. The zero-order valence-corrected chi connectivity index (χ0v) is 15.5. The smallest absolute Gasteiger partial charge is 0.303 e. The van der Waals surface area contributed by atoms with Crippen molar-refractivity contribution in [3.63, 3.8) is 0 Å². The van der Waals surface area contributed by atoms with E-state index in [1.807, 2.05) is 0 Å². The lowest BCUT2D eigenvalue weighted by Crippen LogP contribution is -1.93. The Hall–Kier alpha value is -1.57. The van der Waals surface area contributed by atoms with Crippen molar-refractivity contribution in [2.45, 2.75) is 84.0 Å². The van der Waals surface area contributed by atoms with Crippen molar-refractivity contribution in [2.75, 3.05) is 0 Å². The fourth-order valence-corrected chi connectivity index (χ4v) is 2.28. The maximum Gasteiger partial charge on any atom is 0.303 e. The third kappa shape index (κ3) is 20.4. The van der Waals surface area contributed by atoms with E-state index in [1.165, 1.54) is 25.7 Å². The summed E-state index contributed by atoms with van der Waals surface area (Å²) >= 11 is 0. The van der Waals surface area contributed by atoms with Crippen LogP contribution in [-0.4, -0.2) is 11.1 Å². The Morgan fingerprint density at radius 2 is 1.12 bits per heavy atom. The van der Waals surface area contributed by atoms with E-state index in [4.69, 9.17) is 5.11 Å². The van der Waals surface area contributed by atoms with Gasteiger partial charge in [0.15, 0.2) is 0 Å².